The number of rotatable bonds is 4. The Bertz CT molecular complexity index is 585. The standard InChI is InChI=1S/C15H23NO3S/c1-6-20(18,19)13-10-8-7-9-12(13)11(2)16-14(17)15(3,4)5/h7-11H,6H2,1-5H3,(H,16,17). The van der Waals surface area contributed by atoms with Gasteiger partial charge in [0, 0.05) is 5.41 Å². The fourth-order valence-electron chi connectivity index (χ4n) is 1.77. The average molecular weight is 297 g/mol. The summed E-state index contributed by atoms with van der Waals surface area (Å²) in [4.78, 5) is 12.3. The van der Waals surface area contributed by atoms with Crippen LogP contribution in [0.15, 0.2) is 29.2 Å². The number of hydrogen-bond acceptors (Lipinski definition) is 3. The maximum atomic E-state index is 12.1. The van der Waals surface area contributed by atoms with Crippen molar-refractivity contribution < 1.29 is 13.2 Å². The van der Waals surface area contributed by atoms with Crippen molar-refractivity contribution in [3.8, 4) is 0 Å². The number of carbonyl (C=O) groups is 1. The van der Waals surface area contributed by atoms with E-state index in [1.165, 1.54) is 0 Å². The van der Waals surface area contributed by atoms with Crippen LogP contribution in [0.2, 0.25) is 0 Å². The zero-order valence-corrected chi connectivity index (χ0v) is 13.5. The van der Waals surface area contributed by atoms with Crippen LogP contribution in [0, 0.1) is 5.41 Å². The smallest absolute Gasteiger partial charge is 0.225 e. The molecule has 0 spiro atoms. The van der Waals surface area contributed by atoms with Crippen molar-refractivity contribution in [3.63, 3.8) is 0 Å². The van der Waals surface area contributed by atoms with Gasteiger partial charge in [0.25, 0.3) is 0 Å². The summed E-state index contributed by atoms with van der Waals surface area (Å²) in [6, 6.07) is 6.47. The first-order chi connectivity index (χ1) is 9.09. The van der Waals surface area contributed by atoms with Gasteiger partial charge in [-0.05, 0) is 18.6 Å². The molecule has 0 radical (unpaired) electrons. The molecule has 0 bridgehead atoms. The minimum absolute atomic E-state index is 0.0456. The Kier molecular flexibility index (Phi) is 4.97. The number of benzene rings is 1. The Hall–Kier alpha value is -1.36. The van der Waals surface area contributed by atoms with Crippen LogP contribution in [0.25, 0.3) is 0 Å². The van der Waals surface area contributed by atoms with E-state index in [0.717, 1.165) is 0 Å². The van der Waals surface area contributed by atoms with Crippen molar-refractivity contribution in [1.82, 2.24) is 5.32 Å². The van der Waals surface area contributed by atoms with Crippen molar-refractivity contribution >= 4 is 15.7 Å². The molecule has 112 valence electrons. The molecule has 0 aliphatic carbocycles. The first-order valence-corrected chi connectivity index (χ1v) is 8.37. The molecule has 0 aromatic heterocycles. The largest absolute Gasteiger partial charge is 0.349 e. The van der Waals surface area contributed by atoms with Crippen LogP contribution in [0.4, 0.5) is 0 Å². The zero-order valence-electron chi connectivity index (χ0n) is 12.7. The number of nitrogens with one attached hydrogen (secondary N) is 1. The van der Waals surface area contributed by atoms with Gasteiger partial charge in [-0.15, -0.1) is 0 Å². The van der Waals surface area contributed by atoms with E-state index in [9.17, 15) is 13.2 Å². The molecule has 0 aliphatic rings. The highest BCUT2D eigenvalue weighted by Gasteiger charge is 2.25. The summed E-state index contributed by atoms with van der Waals surface area (Å²) in [7, 11) is -3.30. The van der Waals surface area contributed by atoms with Crippen LogP contribution in [0.3, 0.4) is 0 Å². The molecule has 0 fully saturated rings. The molecule has 1 amide bonds. The van der Waals surface area contributed by atoms with E-state index >= 15 is 0 Å². The van der Waals surface area contributed by atoms with Gasteiger partial charge >= 0.3 is 0 Å². The molecule has 1 aromatic carbocycles. The van der Waals surface area contributed by atoms with Crippen molar-refractivity contribution in [3.05, 3.63) is 29.8 Å². The van der Waals surface area contributed by atoms with Gasteiger partial charge in [-0.25, -0.2) is 8.42 Å². The third-order valence-electron chi connectivity index (χ3n) is 3.13. The lowest BCUT2D eigenvalue weighted by Gasteiger charge is -2.23. The summed E-state index contributed by atoms with van der Waals surface area (Å²) in [6.45, 7) is 8.88. The number of amides is 1. The first-order valence-electron chi connectivity index (χ1n) is 6.72. The summed E-state index contributed by atoms with van der Waals surface area (Å²) < 4.78 is 24.2. The molecule has 1 unspecified atom stereocenters. The Morgan fingerprint density at radius 3 is 2.30 bits per heavy atom. The van der Waals surface area contributed by atoms with Crippen molar-refractivity contribution in [2.24, 2.45) is 5.41 Å². The highest BCUT2D eigenvalue weighted by atomic mass is 32.2. The Labute approximate surface area is 121 Å². The predicted octanol–water partition coefficient (Wildman–Crippen LogP) is 2.70. The van der Waals surface area contributed by atoms with Crippen LogP contribution < -0.4 is 5.32 Å². The average Bonchev–Trinajstić information content (AvgIpc) is 2.37. The van der Waals surface area contributed by atoms with Crippen molar-refractivity contribution in [2.75, 3.05) is 5.75 Å². The molecule has 1 rings (SSSR count). The summed E-state index contributed by atoms with van der Waals surface area (Å²) >= 11 is 0. The van der Waals surface area contributed by atoms with Crippen LogP contribution >= 0.6 is 0 Å². The van der Waals surface area contributed by atoms with E-state index in [1.54, 1.807) is 38.1 Å². The fourth-order valence-corrected chi connectivity index (χ4v) is 2.97. The van der Waals surface area contributed by atoms with Gasteiger partial charge in [0.1, 0.15) is 0 Å². The van der Waals surface area contributed by atoms with Gasteiger partial charge in [-0.2, -0.15) is 0 Å². The molecular formula is C15H23NO3S. The van der Waals surface area contributed by atoms with Gasteiger partial charge < -0.3 is 5.32 Å². The third-order valence-corrected chi connectivity index (χ3v) is 4.93. The second kappa shape index (κ2) is 5.95. The molecule has 1 aromatic rings. The SMILES string of the molecule is CCS(=O)(=O)c1ccccc1C(C)NC(=O)C(C)(C)C. The highest BCUT2D eigenvalue weighted by Crippen LogP contribution is 2.24. The molecule has 4 nitrogen and oxygen atoms in total. The zero-order chi connectivity index (χ0) is 15.6. The van der Waals surface area contributed by atoms with Crippen molar-refractivity contribution in [2.45, 2.75) is 45.6 Å². The van der Waals surface area contributed by atoms with Crippen LogP contribution in [-0.2, 0) is 14.6 Å². The number of carbonyl (C=O) groups excluding carboxylic acids is 1. The predicted molar refractivity (Wildman–Crippen MR) is 80.2 cm³/mol. The number of hydrogen-bond donors (Lipinski definition) is 1. The first kappa shape index (κ1) is 16.7. The minimum Gasteiger partial charge on any atom is -0.349 e. The van der Waals surface area contributed by atoms with Crippen LogP contribution in [-0.4, -0.2) is 20.1 Å². The third kappa shape index (κ3) is 3.82. The highest BCUT2D eigenvalue weighted by molar-refractivity contribution is 7.91. The lowest BCUT2D eigenvalue weighted by Crippen LogP contribution is -2.36. The molecule has 20 heavy (non-hydrogen) atoms. The normalized spacial score (nSPS) is 13.8. The lowest BCUT2D eigenvalue weighted by atomic mass is 9.94. The van der Waals surface area contributed by atoms with Crippen molar-refractivity contribution in [1.29, 1.82) is 0 Å². The van der Waals surface area contributed by atoms with E-state index in [-0.39, 0.29) is 17.7 Å². The second-order valence-corrected chi connectivity index (χ2v) is 8.13. The second-order valence-electron chi connectivity index (χ2n) is 5.89. The monoisotopic (exact) mass is 297 g/mol. The minimum atomic E-state index is -3.30. The molecule has 5 heteroatoms. The maximum Gasteiger partial charge on any atom is 0.225 e. The van der Waals surface area contributed by atoms with E-state index in [2.05, 4.69) is 5.32 Å². The van der Waals surface area contributed by atoms with Crippen LogP contribution in [0.1, 0.15) is 46.2 Å². The van der Waals surface area contributed by atoms with E-state index in [4.69, 9.17) is 0 Å². The Balaban J connectivity index is 3.12. The lowest BCUT2D eigenvalue weighted by molar-refractivity contribution is -0.129. The maximum absolute atomic E-state index is 12.1. The van der Waals surface area contributed by atoms with Crippen LogP contribution in [0.5, 0.6) is 0 Å². The summed E-state index contributed by atoms with van der Waals surface area (Å²) in [5.74, 6) is -0.0575. The summed E-state index contributed by atoms with van der Waals surface area (Å²) in [5, 5.41) is 2.87. The topological polar surface area (TPSA) is 63.2 Å². The quantitative estimate of drug-likeness (QED) is 0.929. The summed E-state index contributed by atoms with van der Waals surface area (Å²) in [6.07, 6.45) is 0. The van der Waals surface area contributed by atoms with Gasteiger partial charge in [0.15, 0.2) is 9.84 Å². The summed E-state index contributed by atoms with van der Waals surface area (Å²) in [5.41, 5.74) is 0.124. The molecule has 0 saturated heterocycles. The van der Waals surface area contributed by atoms with Gasteiger partial charge in [-0.3, -0.25) is 4.79 Å². The van der Waals surface area contributed by atoms with Gasteiger partial charge in [-0.1, -0.05) is 45.9 Å². The molecule has 1 atom stereocenters. The molecule has 0 aliphatic heterocycles. The van der Waals surface area contributed by atoms with Gasteiger partial charge in [0.2, 0.25) is 5.91 Å². The number of sulfone groups is 1. The van der Waals surface area contributed by atoms with E-state index in [0.29, 0.717) is 10.5 Å². The molecule has 0 heterocycles. The molecule has 0 saturated carbocycles. The van der Waals surface area contributed by atoms with E-state index in [1.807, 2.05) is 20.8 Å². The fraction of sp³-hybridized carbons (Fsp3) is 0.533. The Morgan fingerprint density at radius 1 is 1.25 bits per heavy atom. The molecular weight excluding hydrogens is 274 g/mol. The molecule has 1 N–H and O–H groups in total. The van der Waals surface area contributed by atoms with Gasteiger partial charge in [0.05, 0.1) is 16.7 Å². The Morgan fingerprint density at radius 2 is 1.80 bits per heavy atom. The van der Waals surface area contributed by atoms with E-state index < -0.39 is 15.3 Å².